The number of para-hydroxylation sites is 1. The number of nitrogens with zero attached hydrogens (tertiary/aromatic N) is 2. The smallest absolute Gasteiger partial charge is 0.262 e. The summed E-state index contributed by atoms with van der Waals surface area (Å²) in [5.41, 5.74) is 4.21. The Morgan fingerprint density at radius 3 is 2.69 bits per heavy atom. The molecule has 4 rings (SSSR count). The molecule has 0 spiro atoms. The molecule has 1 aliphatic carbocycles. The molecular formula is C23H25N3O2S. The van der Waals surface area contributed by atoms with E-state index in [4.69, 9.17) is 0 Å². The maximum atomic E-state index is 12.9. The van der Waals surface area contributed by atoms with E-state index in [0.29, 0.717) is 16.1 Å². The SMILES string of the molecule is Cc1ccc([C@H](C)NC(=O)CSc2nc3ccccc3c(=O)n2C2CC2)cc1C. The maximum Gasteiger partial charge on any atom is 0.262 e. The Kier molecular flexibility index (Phi) is 5.46. The van der Waals surface area contributed by atoms with Gasteiger partial charge in [-0.2, -0.15) is 0 Å². The lowest BCUT2D eigenvalue weighted by atomic mass is 10.0. The topological polar surface area (TPSA) is 64.0 Å². The Hall–Kier alpha value is -2.60. The Balaban J connectivity index is 1.49. The number of hydrogen-bond acceptors (Lipinski definition) is 4. The highest BCUT2D eigenvalue weighted by molar-refractivity contribution is 7.99. The van der Waals surface area contributed by atoms with E-state index in [0.717, 1.165) is 18.4 Å². The highest BCUT2D eigenvalue weighted by Gasteiger charge is 2.28. The summed E-state index contributed by atoms with van der Waals surface area (Å²) in [5, 5.41) is 4.32. The zero-order valence-electron chi connectivity index (χ0n) is 16.9. The number of carbonyl (C=O) groups is 1. The summed E-state index contributed by atoms with van der Waals surface area (Å²) in [6.45, 7) is 6.14. The van der Waals surface area contributed by atoms with Crippen molar-refractivity contribution in [3.8, 4) is 0 Å². The van der Waals surface area contributed by atoms with E-state index < -0.39 is 0 Å². The number of nitrogens with one attached hydrogen (secondary N) is 1. The number of fused-ring (bicyclic) bond motifs is 1. The molecule has 1 N–H and O–H groups in total. The summed E-state index contributed by atoms with van der Waals surface area (Å²) >= 11 is 1.34. The van der Waals surface area contributed by atoms with Crippen molar-refractivity contribution in [2.75, 3.05) is 5.75 Å². The van der Waals surface area contributed by atoms with Crippen LogP contribution in [0.3, 0.4) is 0 Å². The molecular weight excluding hydrogens is 382 g/mol. The number of benzene rings is 2. The van der Waals surface area contributed by atoms with Crippen LogP contribution in [0.4, 0.5) is 0 Å². The first-order valence-electron chi connectivity index (χ1n) is 9.94. The van der Waals surface area contributed by atoms with Crippen LogP contribution >= 0.6 is 11.8 Å². The van der Waals surface area contributed by atoms with Gasteiger partial charge in [-0.05, 0) is 62.4 Å². The molecule has 0 unspecified atom stereocenters. The standard InChI is InChI=1S/C23H25N3O2S/c1-14-8-9-17(12-15(14)2)16(3)24-21(27)13-29-23-25-20-7-5-4-6-19(20)22(28)26(23)18-10-11-18/h4-9,12,16,18H,10-11,13H2,1-3H3,(H,24,27)/t16-/m0/s1. The average molecular weight is 408 g/mol. The molecule has 1 saturated carbocycles. The molecule has 5 nitrogen and oxygen atoms in total. The van der Waals surface area contributed by atoms with Gasteiger partial charge in [-0.1, -0.05) is 42.1 Å². The van der Waals surface area contributed by atoms with Crippen LogP contribution in [0.2, 0.25) is 0 Å². The molecule has 0 bridgehead atoms. The number of thioether (sulfide) groups is 1. The Bertz CT molecular complexity index is 1130. The second-order valence-electron chi connectivity index (χ2n) is 7.74. The van der Waals surface area contributed by atoms with Crippen LogP contribution in [-0.2, 0) is 4.79 Å². The molecule has 1 heterocycles. The summed E-state index contributed by atoms with van der Waals surface area (Å²) in [4.78, 5) is 30.1. The van der Waals surface area contributed by atoms with Gasteiger partial charge < -0.3 is 5.32 Å². The lowest BCUT2D eigenvalue weighted by Crippen LogP contribution is -2.29. The fourth-order valence-corrected chi connectivity index (χ4v) is 4.29. The van der Waals surface area contributed by atoms with Crippen molar-refractivity contribution in [2.24, 2.45) is 0 Å². The van der Waals surface area contributed by atoms with Crippen molar-refractivity contribution < 1.29 is 4.79 Å². The van der Waals surface area contributed by atoms with E-state index in [9.17, 15) is 9.59 Å². The highest BCUT2D eigenvalue weighted by Crippen LogP contribution is 2.36. The van der Waals surface area contributed by atoms with E-state index in [-0.39, 0.29) is 29.3 Å². The van der Waals surface area contributed by atoms with Crippen LogP contribution in [0.5, 0.6) is 0 Å². The van der Waals surface area contributed by atoms with Crippen LogP contribution in [-0.4, -0.2) is 21.2 Å². The van der Waals surface area contributed by atoms with Crippen LogP contribution in [0.25, 0.3) is 10.9 Å². The van der Waals surface area contributed by atoms with Crippen LogP contribution in [0.1, 0.15) is 48.5 Å². The van der Waals surface area contributed by atoms with Crippen molar-refractivity contribution in [3.63, 3.8) is 0 Å². The lowest BCUT2D eigenvalue weighted by Gasteiger charge is -2.16. The third-order valence-corrected chi connectivity index (χ3v) is 6.38. The number of hydrogen-bond donors (Lipinski definition) is 1. The first-order chi connectivity index (χ1) is 13.9. The van der Waals surface area contributed by atoms with Gasteiger partial charge in [0, 0.05) is 6.04 Å². The minimum atomic E-state index is -0.0717. The average Bonchev–Trinajstić information content (AvgIpc) is 3.53. The molecule has 1 aliphatic rings. The van der Waals surface area contributed by atoms with Crippen molar-refractivity contribution in [2.45, 2.75) is 50.9 Å². The molecule has 1 fully saturated rings. The summed E-state index contributed by atoms with van der Waals surface area (Å²) in [6, 6.07) is 13.8. The Morgan fingerprint density at radius 2 is 1.97 bits per heavy atom. The van der Waals surface area contributed by atoms with Crippen LogP contribution in [0.15, 0.2) is 52.4 Å². The monoisotopic (exact) mass is 407 g/mol. The molecule has 1 aromatic heterocycles. The van der Waals surface area contributed by atoms with Gasteiger partial charge in [0.1, 0.15) is 0 Å². The number of carbonyl (C=O) groups excluding carboxylic acids is 1. The van der Waals surface area contributed by atoms with Crippen molar-refractivity contribution in [1.82, 2.24) is 14.9 Å². The van der Waals surface area contributed by atoms with E-state index in [1.54, 1.807) is 4.57 Å². The predicted octanol–water partition coefficient (Wildman–Crippen LogP) is 4.32. The second-order valence-corrected chi connectivity index (χ2v) is 8.68. The summed E-state index contributed by atoms with van der Waals surface area (Å²) in [7, 11) is 0. The molecule has 150 valence electrons. The third-order valence-electron chi connectivity index (χ3n) is 5.43. The van der Waals surface area contributed by atoms with Gasteiger partial charge in [-0.3, -0.25) is 14.2 Å². The number of aromatic nitrogens is 2. The number of aryl methyl sites for hydroxylation is 2. The van der Waals surface area contributed by atoms with Gasteiger partial charge in [-0.25, -0.2) is 4.98 Å². The largest absolute Gasteiger partial charge is 0.349 e. The molecule has 3 aromatic rings. The van der Waals surface area contributed by atoms with Gasteiger partial charge >= 0.3 is 0 Å². The minimum Gasteiger partial charge on any atom is -0.349 e. The fraction of sp³-hybridized carbons (Fsp3) is 0.348. The van der Waals surface area contributed by atoms with E-state index in [1.165, 1.54) is 22.9 Å². The zero-order chi connectivity index (χ0) is 20.5. The normalized spacial score (nSPS) is 14.7. The molecule has 6 heteroatoms. The lowest BCUT2D eigenvalue weighted by molar-refractivity contribution is -0.119. The van der Waals surface area contributed by atoms with E-state index >= 15 is 0 Å². The zero-order valence-corrected chi connectivity index (χ0v) is 17.8. The first-order valence-corrected chi connectivity index (χ1v) is 10.9. The van der Waals surface area contributed by atoms with Crippen LogP contribution < -0.4 is 10.9 Å². The molecule has 1 atom stereocenters. The summed E-state index contributed by atoms with van der Waals surface area (Å²) in [5.74, 6) is 0.164. The van der Waals surface area contributed by atoms with E-state index in [2.05, 4.69) is 42.3 Å². The maximum absolute atomic E-state index is 12.9. The summed E-state index contributed by atoms with van der Waals surface area (Å²) < 4.78 is 1.77. The Morgan fingerprint density at radius 1 is 1.21 bits per heavy atom. The molecule has 2 aromatic carbocycles. The van der Waals surface area contributed by atoms with Crippen molar-refractivity contribution >= 4 is 28.6 Å². The predicted molar refractivity (Wildman–Crippen MR) is 117 cm³/mol. The third kappa shape index (κ3) is 4.22. The number of rotatable bonds is 6. The molecule has 0 saturated heterocycles. The Labute approximate surface area is 174 Å². The van der Waals surface area contributed by atoms with E-state index in [1.807, 2.05) is 31.2 Å². The van der Waals surface area contributed by atoms with Gasteiger partial charge in [0.25, 0.3) is 5.56 Å². The van der Waals surface area contributed by atoms with Gasteiger partial charge in [0.05, 0.1) is 22.7 Å². The van der Waals surface area contributed by atoms with Crippen molar-refractivity contribution in [1.29, 1.82) is 0 Å². The second kappa shape index (κ2) is 8.03. The van der Waals surface area contributed by atoms with Gasteiger partial charge in [-0.15, -0.1) is 0 Å². The van der Waals surface area contributed by atoms with Gasteiger partial charge in [0.2, 0.25) is 5.91 Å². The number of amides is 1. The minimum absolute atomic E-state index is 0.00972. The van der Waals surface area contributed by atoms with Crippen LogP contribution in [0, 0.1) is 13.8 Å². The highest BCUT2D eigenvalue weighted by atomic mass is 32.2. The molecule has 0 aliphatic heterocycles. The molecule has 29 heavy (non-hydrogen) atoms. The fourth-order valence-electron chi connectivity index (χ4n) is 3.41. The molecule has 1 amide bonds. The summed E-state index contributed by atoms with van der Waals surface area (Å²) in [6.07, 6.45) is 1.98. The van der Waals surface area contributed by atoms with Crippen molar-refractivity contribution in [3.05, 3.63) is 69.5 Å². The van der Waals surface area contributed by atoms with Gasteiger partial charge in [0.15, 0.2) is 5.16 Å². The molecule has 0 radical (unpaired) electrons. The first kappa shape index (κ1) is 19.7. The quantitative estimate of drug-likeness (QED) is 0.488.